The molecule has 0 aliphatic rings. The number of carbonyl (C=O) groups excluding carboxylic acids is 1. The molecule has 0 saturated carbocycles. The molecule has 0 aliphatic heterocycles. The first-order chi connectivity index (χ1) is 9.11. The Morgan fingerprint density at radius 3 is 2.95 bits per heavy atom. The average Bonchev–Trinajstić information content (AvgIpc) is 2.92. The van der Waals surface area contributed by atoms with E-state index >= 15 is 0 Å². The summed E-state index contributed by atoms with van der Waals surface area (Å²) in [5.74, 6) is 0.462. The Morgan fingerprint density at radius 1 is 1.53 bits per heavy atom. The molecule has 1 aromatic carbocycles. The maximum Gasteiger partial charge on any atom is 0.249 e. The lowest BCUT2D eigenvalue weighted by molar-refractivity contribution is -0.119. The van der Waals surface area contributed by atoms with Gasteiger partial charge in [0, 0.05) is 16.9 Å². The van der Waals surface area contributed by atoms with Gasteiger partial charge < -0.3 is 10.1 Å². The van der Waals surface area contributed by atoms with E-state index in [0.29, 0.717) is 11.4 Å². The molecule has 1 amide bonds. The average molecular weight is 324 g/mol. The first kappa shape index (κ1) is 13.6. The minimum Gasteiger partial charge on any atom is -0.495 e. The van der Waals surface area contributed by atoms with E-state index < -0.39 is 6.04 Å². The van der Waals surface area contributed by atoms with Crippen molar-refractivity contribution in [3.05, 3.63) is 41.1 Å². The van der Waals surface area contributed by atoms with Crippen LogP contribution in [0.2, 0.25) is 0 Å². The second-order valence-electron chi connectivity index (χ2n) is 4.00. The van der Waals surface area contributed by atoms with Crippen LogP contribution in [0.3, 0.4) is 0 Å². The van der Waals surface area contributed by atoms with E-state index in [0.717, 1.165) is 4.47 Å². The van der Waals surface area contributed by atoms with Crippen LogP contribution in [-0.2, 0) is 4.79 Å². The Hall–Kier alpha value is -1.82. The number of methoxy groups -OCH3 is 1. The number of halogens is 1. The molecule has 0 aliphatic carbocycles. The first-order valence-electron chi connectivity index (χ1n) is 5.75. The molecule has 100 valence electrons. The van der Waals surface area contributed by atoms with Gasteiger partial charge in [0.2, 0.25) is 5.91 Å². The highest BCUT2D eigenvalue weighted by atomic mass is 79.9. The number of nitrogens with zero attached hydrogens (tertiary/aromatic N) is 2. The van der Waals surface area contributed by atoms with Crippen LogP contribution in [0.5, 0.6) is 5.75 Å². The van der Waals surface area contributed by atoms with Gasteiger partial charge in [-0.1, -0.05) is 15.9 Å². The molecule has 1 heterocycles. The number of ether oxygens (including phenoxy) is 1. The van der Waals surface area contributed by atoms with Gasteiger partial charge in [-0.2, -0.15) is 5.10 Å². The van der Waals surface area contributed by atoms with Crippen LogP contribution < -0.4 is 10.1 Å². The van der Waals surface area contributed by atoms with Crippen LogP contribution in [0, 0.1) is 0 Å². The topological polar surface area (TPSA) is 56.1 Å². The van der Waals surface area contributed by atoms with Crippen molar-refractivity contribution < 1.29 is 9.53 Å². The summed E-state index contributed by atoms with van der Waals surface area (Å²) in [4.78, 5) is 12.1. The van der Waals surface area contributed by atoms with Gasteiger partial charge in [-0.15, -0.1) is 0 Å². The molecular weight excluding hydrogens is 310 g/mol. The highest BCUT2D eigenvalue weighted by Crippen LogP contribution is 2.28. The van der Waals surface area contributed by atoms with E-state index in [9.17, 15) is 4.79 Å². The quantitative estimate of drug-likeness (QED) is 0.941. The van der Waals surface area contributed by atoms with Crippen LogP contribution in [0.1, 0.15) is 13.0 Å². The number of rotatable bonds is 4. The lowest BCUT2D eigenvalue weighted by Crippen LogP contribution is -2.24. The van der Waals surface area contributed by atoms with Crippen molar-refractivity contribution in [2.75, 3.05) is 12.4 Å². The highest BCUT2D eigenvalue weighted by Gasteiger charge is 2.16. The molecule has 2 rings (SSSR count). The van der Waals surface area contributed by atoms with Gasteiger partial charge in [-0.05, 0) is 31.2 Å². The van der Waals surface area contributed by atoms with Crippen LogP contribution >= 0.6 is 15.9 Å². The molecule has 1 aromatic heterocycles. The smallest absolute Gasteiger partial charge is 0.249 e. The Labute approximate surface area is 119 Å². The largest absolute Gasteiger partial charge is 0.495 e. The molecule has 0 saturated heterocycles. The monoisotopic (exact) mass is 323 g/mol. The Kier molecular flexibility index (Phi) is 4.21. The third kappa shape index (κ3) is 3.14. The minimum absolute atomic E-state index is 0.153. The van der Waals surface area contributed by atoms with Crippen molar-refractivity contribution in [2.45, 2.75) is 13.0 Å². The van der Waals surface area contributed by atoms with E-state index in [1.165, 1.54) is 0 Å². The summed E-state index contributed by atoms with van der Waals surface area (Å²) < 4.78 is 7.68. The predicted octanol–water partition coefficient (Wildman–Crippen LogP) is 2.85. The van der Waals surface area contributed by atoms with Gasteiger partial charge in [0.05, 0.1) is 12.8 Å². The van der Waals surface area contributed by atoms with Crippen LogP contribution in [-0.4, -0.2) is 22.8 Å². The molecular formula is C13H14BrN3O2. The van der Waals surface area contributed by atoms with Gasteiger partial charge in [0.15, 0.2) is 0 Å². The highest BCUT2D eigenvalue weighted by molar-refractivity contribution is 9.10. The summed E-state index contributed by atoms with van der Waals surface area (Å²) in [7, 11) is 1.57. The lowest BCUT2D eigenvalue weighted by atomic mass is 10.2. The van der Waals surface area contributed by atoms with E-state index in [1.54, 1.807) is 49.3 Å². The van der Waals surface area contributed by atoms with Crippen molar-refractivity contribution in [1.82, 2.24) is 9.78 Å². The van der Waals surface area contributed by atoms with Gasteiger partial charge >= 0.3 is 0 Å². The van der Waals surface area contributed by atoms with E-state index in [-0.39, 0.29) is 5.91 Å². The van der Waals surface area contributed by atoms with Crippen molar-refractivity contribution in [1.29, 1.82) is 0 Å². The second-order valence-corrected chi connectivity index (χ2v) is 4.91. The third-order valence-electron chi connectivity index (χ3n) is 2.72. The molecule has 0 spiro atoms. The summed E-state index contributed by atoms with van der Waals surface area (Å²) in [6.07, 6.45) is 3.39. The molecule has 1 atom stereocenters. The molecule has 19 heavy (non-hydrogen) atoms. The number of carbonyl (C=O) groups is 1. The summed E-state index contributed by atoms with van der Waals surface area (Å²) in [6, 6.07) is 6.83. The summed E-state index contributed by atoms with van der Waals surface area (Å²) in [5, 5.41) is 6.89. The number of aromatic nitrogens is 2. The molecule has 0 radical (unpaired) electrons. The van der Waals surface area contributed by atoms with Crippen LogP contribution in [0.15, 0.2) is 41.1 Å². The number of benzene rings is 1. The van der Waals surface area contributed by atoms with Crippen molar-refractivity contribution in [3.8, 4) is 5.75 Å². The lowest BCUT2D eigenvalue weighted by Gasteiger charge is -2.15. The molecule has 2 aromatic rings. The van der Waals surface area contributed by atoms with Crippen LogP contribution in [0.4, 0.5) is 5.69 Å². The van der Waals surface area contributed by atoms with Gasteiger partial charge in [0.1, 0.15) is 11.8 Å². The zero-order valence-corrected chi connectivity index (χ0v) is 12.2. The van der Waals surface area contributed by atoms with Gasteiger partial charge in [0.25, 0.3) is 0 Å². The normalized spacial score (nSPS) is 11.9. The minimum atomic E-state index is -0.390. The SMILES string of the molecule is COc1ccc(Br)cc1NC(=O)C(C)n1cccn1. The maximum atomic E-state index is 12.1. The Bertz CT molecular complexity index is 569. The van der Waals surface area contributed by atoms with Gasteiger partial charge in [-0.25, -0.2) is 0 Å². The number of hydrogen-bond donors (Lipinski definition) is 1. The molecule has 6 heteroatoms. The number of hydrogen-bond acceptors (Lipinski definition) is 3. The fraction of sp³-hybridized carbons (Fsp3) is 0.231. The Balaban J connectivity index is 2.17. The van der Waals surface area contributed by atoms with E-state index in [4.69, 9.17) is 4.74 Å². The molecule has 1 N–H and O–H groups in total. The fourth-order valence-electron chi connectivity index (χ4n) is 1.64. The van der Waals surface area contributed by atoms with Gasteiger partial charge in [-0.3, -0.25) is 9.48 Å². The molecule has 5 nitrogen and oxygen atoms in total. The first-order valence-corrected chi connectivity index (χ1v) is 6.54. The predicted molar refractivity (Wildman–Crippen MR) is 76.3 cm³/mol. The summed E-state index contributed by atoms with van der Waals surface area (Å²) in [6.45, 7) is 1.78. The van der Waals surface area contributed by atoms with Crippen LogP contribution in [0.25, 0.3) is 0 Å². The molecule has 0 fully saturated rings. The zero-order chi connectivity index (χ0) is 13.8. The molecule has 0 bridgehead atoms. The second kappa shape index (κ2) is 5.88. The number of anilines is 1. The fourth-order valence-corrected chi connectivity index (χ4v) is 2.01. The standard InChI is InChI=1S/C13H14BrN3O2/c1-9(17-7-3-6-15-17)13(18)16-11-8-10(14)4-5-12(11)19-2/h3-9H,1-2H3,(H,16,18). The zero-order valence-electron chi connectivity index (χ0n) is 10.6. The summed E-state index contributed by atoms with van der Waals surface area (Å²) >= 11 is 3.37. The van der Waals surface area contributed by atoms with Crippen molar-refractivity contribution in [2.24, 2.45) is 0 Å². The number of nitrogens with one attached hydrogen (secondary N) is 1. The Morgan fingerprint density at radius 2 is 2.32 bits per heavy atom. The van der Waals surface area contributed by atoms with E-state index in [1.807, 2.05) is 6.07 Å². The summed E-state index contributed by atoms with van der Waals surface area (Å²) in [5.41, 5.74) is 0.626. The maximum absolute atomic E-state index is 12.1. The van der Waals surface area contributed by atoms with Crippen molar-refractivity contribution >= 4 is 27.5 Å². The van der Waals surface area contributed by atoms with E-state index in [2.05, 4.69) is 26.3 Å². The number of amides is 1. The third-order valence-corrected chi connectivity index (χ3v) is 3.21. The molecule has 1 unspecified atom stereocenters. The van der Waals surface area contributed by atoms with Crippen molar-refractivity contribution in [3.63, 3.8) is 0 Å².